The second-order valence-electron chi connectivity index (χ2n) is 8.13. The quantitative estimate of drug-likeness (QED) is 0.809. The average molecular weight is 341 g/mol. The van der Waals surface area contributed by atoms with Crippen molar-refractivity contribution in [2.75, 3.05) is 20.1 Å². The van der Waals surface area contributed by atoms with Crippen molar-refractivity contribution in [3.63, 3.8) is 0 Å². The number of nitrogens with zero attached hydrogens (tertiary/aromatic N) is 3. The maximum atomic E-state index is 12.4. The zero-order valence-electron chi connectivity index (χ0n) is 15.4. The summed E-state index contributed by atoms with van der Waals surface area (Å²) in [5.41, 5.74) is 0.990. The van der Waals surface area contributed by atoms with Gasteiger partial charge in [-0.15, -0.1) is 4.72 Å². The first-order valence-electron chi connectivity index (χ1n) is 8.55. The summed E-state index contributed by atoms with van der Waals surface area (Å²) in [6, 6.07) is 0.0163. The van der Waals surface area contributed by atoms with E-state index in [1.165, 1.54) is 13.0 Å². The molecule has 0 spiro atoms. The molecule has 0 bridgehead atoms. The van der Waals surface area contributed by atoms with Crippen LogP contribution in [0.2, 0.25) is 0 Å². The van der Waals surface area contributed by atoms with E-state index in [9.17, 15) is 4.55 Å². The van der Waals surface area contributed by atoms with Crippen molar-refractivity contribution >= 4 is 11.4 Å². The summed E-state index contributed by atoms with van der Waals surface area (Å²) in [5.74, 6) is 1.04. The Morgan fingerprint density at radius 1 is 1.43 bits per heavy atom. The molecule has 1 aromatic heterocycles. The number of nitrogens with one attached hydrogen (secondary N) is 1. The number of hydrogen-bond acceptors (Lipinski definition) is 4. The second kappa shape index (κ2) is 7.55. The molecule has 1 aromatic rings. The predicted molar refractivity (Wildman–Crippen MR) is 96.4 cm³/mol. The molecule has 0 aliphatic carbocycles. The molecule has 0 radical (unpaired) electrons. The molecule has 6 heteroatoms. The van der Waals surface area contributed by atoms with Crippen LogP contribution in [0.3, 0.4) is 0 Å². The Labute approximate surface area is 144 Å². The topological polar surface area (TPSA) is 56.1 Å². The van der Waals surface area contributed by atoms with Crippen LogP contribution in [0.4, 0.5) is 0 Å². The van der Waals surface area contributed by atoms with Crippen molar-refractivity contribution < 1.29 is 4.55 Å². The smallest absolute Gasteiger partial charge is 0.136 e. The third-order valence-electron chi connectivity index (χ3n) is 4.39. The van der Waals surface area contributed by atoms with Gasteiger partial charge >= 0.3 is 0 Å². The molecule has 1 fully saturated rings. The van der Waals surface area contributed by atoms with Crippen molar-refractivity contribution in [1.82, 2.24) is 19.2 Å². The lowest BCUT2D eigenvalue weighted by Gasteiger charge is -2.28. The van der Waals surface area contributed by atoms with Crippen molar-refractivity contribution in [3.05, 3.63) is 18.2 Å². The summed E-state index contributed by atoms with van der Waals surface area (Å²) in [5, 5.41) is 0. The SMILES string of the molecule is CC(C)C(N[S@+]([O-])C(C)(C)C)c1cn(C[C@H]2CCN(C)C2)cn1. The molecule has 0 aromatic carbocycles. The first-order chi connectivity index (χ1) is 10.7. The van der Waals surface area contributed by atoms with Crippen molar-refractivity contribution in [1.29, 1.82) is 0 Å². The fraction of sp³-hybridized carbons (Fsp3) is 0.824. The molecular weight excluding hydrogens is 308 g/mol. The summed E-state index contributed by atoms with van der Waals surface area (Å²) in [6.07, 6.45) is 5.30. The predicted octanol–water partition coefficient (Wildman–Crippen LogP) is 2.58. The monoisotopic (exact) mass is 340 g/mol. The first-order valence-corrected chi connectivity index (χ1v) is 9.70. The number of rotatable bonds is 6. The Morgan fingerprint density at radius 2 is 2.13 bits per heavy atom. The molecule has 2 rings (SSSR count). The van der Waals surface area contributed by atoms with E-state index in [-0.39, 0.29) is 10.8 Å². The Morgan fingerprint density at radius 3 is 2.65 bits per heavy atom. The lowest BCUT2D eigenvalue weighted by Crippen LogP contribution is -2.42. The minimum Gasteiger partial charge on any atom is -0.598 e. The fourth-order valence-corrected chi connectivity index (χ4v) is 3.92. The molecule has 1 unspecified atom stereocenters. The lowest BCUT2D eigenvalue weighted by atomic mass is 10.0. The van der Waals surface area contributed by atoms with Crippen LogP contribution < -0.4 is 4.72 Å². The highest BCUT2D eigenvalue weighted by Gasteiger charge is 2.32. The summed E-state index contributed by atoms with van der Waals surface area (Å²) in [6.45, 7) is 13.6. The van der Waals surface area contributed by atoms with Gasteiger partial charge in [0.2, 0.25) is 0 Å². The highest BCUT2D eigenvalue weighted by atomic mass is 32.2. The van der Waals surface area contributed by atoms with Crippen molar-refractivity contribution in [2.45, 2.75) is 58.4 Å². The third-order valence-corrected chi connectivity index (χ3v) is 5.97. The van der Waals surface area contributed by atoms with Gasteiger partial charge in [-0.05, 0) is 52.6 Å². The molecule has 132 valence electrons. The van der Waals surface area contributed by atoms with Crippen LogP contribution in [-0.2, 0) is 17.9 Å². The number of likely N-dealkylation sites (tertiary alicyclic amines) is 1. The second-order valence-corrected chi connectivity index (χ2v) is 10.1. The van der Waals surface area contributed by atoms with E-state index in [0.29, 0.717) is 11.8 Å². The van der Waals surface area contributed by atoms with E-state index in [4.69, 9.17) is 0 Å². The molecule has 0 saturated carbocycles. The van der Waals surface area contributed by atoms with Gasteiger partial charge in [-0.2, -0.15) is 0 Å². The van der Waals surface area contributed by atoms with E-state index in [0.717, 1.165) is 18.8 Å². The Kier molecular flexibility index (Phi) is 6.16. The molecule has 1 N–H and O–H groups in total. The lowest BCUT2D eigenvalue weighted by molar-refractivity contribution is 0.377. The normalized spacial score (nSPS) is 22.7. The summed E-state index contributed by atoms with van der Waals surface area (Å²) in [7, 11) is 2.18. The number of hydrogen-bond donors (Lipinski definition) is 1. The molecular formula is C17H32N4OS. The number of aromatic nitrogens is 2. The maximum Gasteiger partial charge on any atom is 0.136 e. The van der Waals surface area contributed by atoms with Crippen LogP contribution in [-0.4, -0.2) is 43.9 Å². The van der Waals surface area contributed by atoms with Gasteiger partial charge in [0.15, 0.2) is 0 Å². The Hall–Kier alpha value is -0.560. The van der Waals surface area contributed by atoms with Gasteiger partial charge in [0.1, 0.15) is 4.75 Å². The average Bonchev–Trinajstić information content (AvgIpc) is 3.04. The van der Waals surface area contributed by atoms with Gasteiger partial charge in [0, 0.05) is 30.6 Å². The van der Waals surface area contributed by atoms with Gasteiger partial charge in [0.25, 0.3) is 0 Å². The van der Waals surface area contributed by atoms with Gasteiger partial charge in [0.05, 0.1) is 18.1 Å². The van der Waals surface area contributed by atoms with Crippen LogP contribution in [0.5, 0.6) is 0 Å². The molecule has 3 atom stereocenters. The minimum absolute atomic E-state index is 0.0163. The van der Waals surface area contributed by atoms with E-state index in [1.807, 2.05) is 27.1 Å². The molecule has 5 nitrogen and oxygen atoms in total. The van der Waals surface area contributed by atoms with Gasteiger partial charge in [-0.3, -0.25) is 0 Å². The zero-order valence-corrected chi connectivity index (χ0v) is 16.2. The molecule has 2 heterocycles. The highest BCUT2D eigenvalue weighted by molar-refractivity contribution is 7.90. The third kappa shape index (κ3) is 5.21. The largest absolute Gasteiger partial charge is 0.598 e. The summed E-state index contributed by atoms with van der Waals surface area (Å²) in [4.78, 5) is 6.97. The van der Waals surface area contributed by atoms with E-state index < -0.39 is 11.4 Å². The maximum absolute atomic E-state index is 12.4. The van der Waals surface area contributed by atoms with Crippen LogP contribution in [0.1, 0.15) is 52.8 Å². The minimum atomic E-state index is -1.09. The zero-order chi connectivity index (χ0) is 17.2. The van der Waals surface area contributed by atoms with Crippen LogP contribution in [0.25, 0.3) is 0 Å². The van der Waals surface area contributed by atoms with Gasteiger partial charge < -0.3 is 14.0 Å². The molecule has 1 saturated heterocycles. The van der Waals surface area contributed by atoms with E-state index >= 15 is 0 Å². The van der Waals surface area contributed by atoms with Gasteiger partial charge in [-0.1, -0.05) is 13.8 Å². The molecule has 1 aliphatic heterocycles. The van der Waals surface area contributed by atoms with Gasteiger partial charge in [-0.25, -0.2) is 4.98 Å². The van der Waals surface area contributed by atoms with E-state index in [1.54, 1.807) is 0 Å². The van der Waals surface area contributed by atoms with Crippen LogP contribution in [0.15, 0.2) is 12.5 Å². The summed E-state index contributed by atoms with van der Waals surface area (Å²) >= 11 is -1.09. The van der Waals surface area contributed by atoms with Crippen LogP contribution in [0, 0.1) is 11.8 Å². The highest BCUT2D eigenvalue weighted by Crippen LogP contribution is 2.25. The van der Waals surface area contributed by atoms with Crippen molar-refractivity contribution in [2.24, 2.45) is 11.8 Å². The summed E-state index contributed by atoms with van der Waals surface area (Å²) < 4.78 is 17.6. The van der Waals surface area contributed by atoms with Crippen molar-refractivity contribution in [3.8, 4) is 0 Å². The Bertz CT molecular complexity index is 497. The number of imidazole rings is 1. The fourth-order valence-electron chi connectivity index (χ4n) is 2.94. The standard InChI is InChI=1S/C17H32N4OS/c1-13(2)16(19-23(22)17(3,4)5)15-11-21(12-18-15)10-14-7-8-20(6)9-14/h11-14,16,19H,7-10H2,1-6H3/t14-,16?,23+/m0/s1. The first kappa shape index (κ1) is 18.8. The Balaban J connectivity index is 2.03. The molecule has 1 aliphatic rings. The molecule has 0 amide bonds. The van der Waals surface area contributed by atoms with E-state index in [2.05, 4.69) is 46.3 Å². The van der Waals surface area contributed by atoms with Crippen LogP contribution >= 0.6 is 0 Å². The molecule has 23 heavy (non-hydrogen) atoms.